The summed E-state index contributed by atoms with van der Waals surface area (Å²) in [6.45, 7) is -0.111. The van der Waals surface area contributed by atoms with Crippen LogP contribution >= 0.6 is 0 Å². The molecule has 1 aliphatic carbocycles. The van der Waals surface area contributed by atoms with Crippen LogP contribution in [0.25, 0.3) is 0 Å². The van der Waals surface area contributed by atoms with Gasteiger partial charge in [0.2, 0.25) is 11.8 Å². The Bertz CT molecular complexity index is 556. The normalized spacial score (nSPS) is 24.7. The Hall–Kier alpha value is -2.35. The highest BCUT2D eigenvalue weighted by Gasteiger charge is 2.59. The molecule has 2 unspecified atom stereocenters. The number of nitriles is 1. The second kappa shape index (κ2) is 3.84. The maximum atomic E-state index is 12.0. The Labute approximate surface area is 104 Å². The van der Waals surface area contributed by atoms with Crippen molar-refractivity contribution in [1.82, 2.24) is 0 Å². The Balaban J connectivity index is 1.95. The van der Waals surface area contributed by atoms with Gasteiger partial charge in [-0.25, -0.2) is 4.90 Å². The number of imide groups is 1. The first kappa shape index (κ1) is 10.8. The lowest BCUT2D eigenvalue weighted by molar-refractivity contribution is -0.123. The van der Waals surface area contributed by atoms with Crippen molar-refractivity contribution >= 4 is 17.5 Å². The first-order valence-electron chi connectivity index (χ1n) is 5.70. The smallest absolute Gasteiger partial charge is 0.237 e. The fraction of sp³-hybridized carbons (Fsp3) is 0.308. The number of hydrogen-bond donors (Lipinski definition) is 0. The highest BCUT2D eigenvalue weighted by atomic mass is 16.5. The number of rotatable bonds is 3. The molecule has 1 saturated heterocycles. The van der Waals surface area contributed by atoms with Gasteiger partial charge < -0.3 is 4.74 Å². The maximum absolute atomic E-state index is 12.0. The van der Waals surface area contributed by atoms with E-state index in [4.69, 9.17) is 10.00 Å². The van der Waals surface area contributed by atoms with Crippen molar-refractivity contribution in [2.75, 3.05) is 11.5 Å². The SMILES string of the molecule is N#CCOc1ccccc1N1C(=O)C2CC2C1=O. The zero-order chi connectivity index (χ0) is 12.7. The average Bonchev–Trinajstić information content (AvgIpc) is 3.13. The van der Waals surface area contributed by atoms with E-state index < -0.39 is 0 Å². The van der Waals surface area contributed by atoms with Crippen LogP contribution in [0.3, 0.4) is 0 Å². The number of piperidine rings is 1. The molecule has 2 amide bonds. The molecule has 1 aromatic rings. The van der Waals surface area contributed by atoms with Crippen LogP contribution in [-0.2, 0) is 9.59 Å². The van der Waals surface area contributed by atoms with Crippen molar-refractivity contribution in [3.8, 4) is 11.8 Å². The molecule has 2 atom stereocenters. The number of para-hydroxylation sites is 2. The van der Waals surface area contributed by atoms with Gasteiger partial charge in [-0.15, -0.1) is 0 Å². The fourth-order valence-corrected chi connectivity index (χ4v) is 2.29. The van der Waals surface area contributed by atoms with E-state index in [1.54, 1.807) is 24.3 Å². The number of amides is 2. The van der Waals surface area contributed by atoms with Crippen molar-refractivity contribution in [2.45, 2.75) is 6.42 Å². The van der Waals surface area contributed by atoms with E-state index >= 15 is 0 Å². The number of benzene rings is 1. The van der Waals surface area contributed by atoms with Gasteiger partial charge in [0.15, 0.2) is 6.61 Å². The molecule has 1 aromatic carbocycles. The van der Waals surface area contributed by atoms with Gasteiger partial charge >= 0.3 is 0 Å². The van der Waals surface area contributed by atoms with Crippen LogP contribution in [0, 0.1) is 23.2 Å². The summed E-state index contributed by atoms with van der Waals surface area (Å²) < 4.78 is 5.24. The summed E-state index contributed by atoms with van der Waals surface area (Å²) in [5.74, 6) is -0.193. The maximum Gasteiger partial charge on any atom is 0.237 e. The minimum absolute atomic E-state index is 0.111. The van der Waals surface area contributed by atoms with Crippen LogP contribution in [0.4, 0.5) is 5.69 Å². The second-order valence-corrected chi connectivity index (χ2v) is 4.38. The molecule has 0 N–H and O–H groups in total. The third-order valence-corrected chi connectivity index (χ3v) is 3.26. The third-order valence-electron chi connectivity index (χ3n) is 3.26. The Kier molecular flexibility index (Phi) is 2.30. The summed E-state index contributed by atoms with van der Waals surface area (Å²) in [7, 11) is 0. The Morgan fingerprint density at radius 1 is 1.28 bits per heavy atom. The van der Waals surface area contributed by atoms with Gasteiger partial charge in [0.1, 0.15) is 11.8 Å². The number of ether oxygens (including phenoxy) is 1. The van der Waals surface area contributed by atoms with Crippen molar-refractivity contribution < 1.29 is 14.3 Å². The van der Waals surface area contributed by atoms with E-state index in [1.165, 1.54) is 4.90 Å². The van der Waals surface area contributed by atoms with Crippen LogP contribution in [0.2, 0.25) is 0 Å². The molecule has 5 nitrogen and oxygen atoms in total. The average molecular weight is 242 g/mol. The second-order valence-electron chi connectivity index (χ2n) is 4.38. The van der Waals surface area contributed by atoms with Crippen molar-refractivity contribution in [3.63, 3.8) is 0 Å². The molecule has 0 bridgehead atoms. The largest absolute Gasteiger partial charge is 0.477 e. The summed E-state index contributed by atoms with van der Waals surface area (Å²) in [4.78, 5) is 25.1. The van der Waals surface area contributed by atoms with Crippen LogP contribution in [-0.4, -0.2) is 18.4 Å². The van der Waals surface area contributed by atoms with Crippen LogP contribution in [0.1, 0.15) is 6.42 Å². The quantitative estimate of drug-likeness (QED) is 0.744. The van der Waals surface area contributed by atoms with Crippen molar-refractivity contribution in [2.24, 2.45) is 11.8 Å². The Morgan fingerprint density at radius 2 is 1.94 bits per heavy atom. The summed E-state index contributed by atoms with van der Waals surface area (Å²) in [6, 6.07) is 8.65. The van der Waals surface area contributed by atoms with Gasteiger partial charge in [-0.3, -0.25) is 9.59 Å². The van der Waals surface area contributed by atoms with Gasteiger partial charge in [0, 0.05) is 0 Å². The zero-order valence-electron chi connectivity index (χ0n) is 9.50. The molecule has 1 heterocycles. The molecule has 1 aliphatic heterocycles. The van der Waals surface area contributed by atoms with E-state index in [-0.39, 0.29) is 30.3 Å². The molecule has 0 spiro atoms. The lowest BCUT2D eigenvalue weighted by Crippen LogP contribution is -2.33. The number of carbonyl (C=O) groups excluding carboxylic acids is 2. The molecular weight excluding hydrogens is 232 g/mol. The lowest BCUT2D eigenvalue weighted by atomic mass is 10.2. The first-order chi connectivity index (χ1) is 8.74. The van der Waals surface area contributed by atoms with E-state index in [2.05, 4.69) is 0 Å². The summed E-state index contributed by atoms with van der Waals surface area (Å²) in [5.41, 5.74) is 0.440. The standard InChI is InChI=1S/C13H10N2O3/c14-5-6-18-11-4-2-1-3-10(11)15-12(16)8-7-9(8)13(15)17/h1-4,8-9H,6-7H2. The summed E-state index contributed by atoms with van der Waals surface area (Å²) in [5, 5.41) is 8.51. The molecule has 3 rings (SSSR count). The van der Waals surface area contributed by atoms with Gasteiger partial charge in [0.05, 0.1) is 17.5 Å². The molecule has 2 aliphatic rings. The highest BCUT2D eigenvalue weighted by Crippen LogP contribution is 2.49. The third kappa shape index (κ3) is 1.46. The topological polar surface area (TPSA) is 70.4 Å². The predicted octanol–water partition coefficient (Wildman–Crippen LogP) is 1.10. The van der Waals surface area contributed by atoms with Crippen LogP contribution < -0.4 is 9.64 Å². The predicted molar refractivity (Wildman–Crippen MR) is 61.6 cm³/mol. The van der Waals surface area contributed by atoms with Crippen LogP contribution in [0.15, 0.2) is 24.3 Å². The Morgan fingerprint density at radius 3 is 2.61 bits per heavy atom. The molecule has 5 heteroatoms. The highest BCUT2D eigenvalue weighted by molar-refractivity contribution is 6.25. The molecule has 2 fully saturated rings. The number of anilines is 1. The van der Waals surface area contributed by atoms with E-state index in [0.717, 1.165) is 0 Å². The summed E-state index contributed by atoms with van der Waals surface area (Å²) in [6.07, 6.45) is 0.676. The van der Waals surface area contributed by atoms with E-state index in [1.807, 2.05) is 6.07 Å². The number of nitrogens with zero attached hydrogens (tertiary/aromatic N) is 2. The van der Waals surface area contributed by atoms with E-state index in [9.17, 15) is 9.59 Å². The molecular formula is C13H10N2O3. The molecule has 0 aromatic heterocycles. The molecule has 0 radical (unpaired) electrons. The zero-order valence-corrected chi connectivity index (χ0v) is 9.50. The molecule has 90 valence electrons. The molecule has 18 heavy (non-hydrogen) atoms. The molecule has 1 saturated carbocycles. The fourth-order valence-electron chi connectivity index (χ4n) is 2.29. The van der Waals surface area contributed by atoms with Gasteiger partial charge in [-0.05, 0) is 18.6 Å². The minimum atomic E-state index is -0.155. The minimum Gasteiger partial charge on any atom is -0.477 e. The number of fused-ring (bicyclic) bond motifs is 1. The first-order valence-corrected chi connectivity index (χ1v) is 5.70. The van der Waals surface area contributed by atoms with Crippen molar-refractivity contribution in [3.05, 3.63) is 24.3 Å². The van der Waals surface area contributed by atoms with Gasteiger partial charge in [-0.2, -0.15) is 5.26 Å². The van der Waals surface area contributed by atoms with Crippen molar-refractivity contribution in [1.29, 1.82) is 5.26 Å². The van der Waals surface area contributed by atoms with Gasteiger partial charge in [0.25, 0.3) is 0 Å². The summed E-state index contributed by atoms with van der Waals surface area (Å²) >= 11 is 0. The van der Waals surface area contributed by atoms with Gasteiger partial charge in [-0.1, -0.05) is 12.1 Å². The lowest BCUT2D eigenvalue weighted by Gasteiger charge is -2.19. The van der Waals surface area contributed by atoms with Crippen LogP contribution in [0.5, 0.6) is 5.75 Å². The number of carbonyl (C=O) groups is 2. The monoisotopic (exact) mass is 242 g/mol. The van der Waals surface area contributed by atoms with E-state index in [0.29, 0.717) is 17.9 Å². The number of hydrogen-bond acceptors (Lipinski definition) is 4.